The molecule has 10 aromatic rings. The number of nitrogens with zero attached hydrogens (tertiary/aromatic N) is 4. The van der Waals surface area contributed by atoms with Crippen LogP contribution in [0, 0.1) is 10.1 Å². The third kappa shape index (κ3) is 15.3. The number of carbonyl (C=O) groups is 4. The Morgan fingerprint density at radius 2 is 0.938 bits per heavy atom. The Kier molecular flexibility index (Phi) is 22.5. The number of carbonyl (C=O) groups excluding carboxylic acids is 4. The average molecular weight is 1110 g/mol. The van der Waals surface area contributed by atoms with Crippen molar-refractivity contribution in [1.29, 1.82) is 0 Å². The molecule has 2 atom stereocenters. The molecule has 12 nitrogen and oxygen atoms in total. The smallest absolute Gasteiger partial charge is 1.00 e. The predicted molar refractivity (Wildman–Crippen MR) is 324 cm³/mol. The summed E-state index contributed by atoms with van der Waals surface area (Å²) < 4.78 is 17.9. The van der Waals surface area contributed by atoms with Gasteiger partial charge in [-0.2, -0.15) is 0 Å². The van der Waals surface area contributed by atoms with Gasteiger partial charge in [0, 0.05) is 124 Å². The van der Waals surface area contributed by atoms with Gasteiger partial charge in [0.1, 0.15) is 0 Å². The first-order valence-electron chi connectivity index (χ1n) is 27.4. The van der Waals surface area contributed by atoms with E-state index in [4.69, 9.17) is 13.0 Å². The van der Waals surface area contributed by atoms with E-state index in [0.717, 1.165) is 74.9 Å². The minimum absolute atomic E-state index is 0. The quantitative estimate of drug-likeness (QED) is 0.0451. The number of para-hydroxylation sites is 3. The number of alkyl halides is 2. The van der Waals surface area contributed by atoms with Crippen LogP contribution in [0.5, 0.6) is 0 Å². The number of Topliss-reactive ketones (excluding diaryl/α,β-unsaturated/α-hetero) is 4. The topological polar surface area (TPSA) is 154 Å². The fourth-order valence-electron chi connectivity index (χ4n) is 10.6. The molecule has 2 fully saturated rings. The van der Waals surface area contributed by atoms with Crippen molar-refractivity contribution in [3.05, 3.63) is 184 Å². The molecule has 0 amide bonds. The number of aromatic nitrogens is 3. The van der Waals surface area contributed by atoms with E-state index in [1.165, 1.54) is 72.7 Å². The second kappa shape index (κ2) is 29.6. The maximum Gasteiger partial charge on any atom is 1.00 e. The molecule has 5 heterocycles. The number of hydrogen-bond donors (Lipinski definition) is 2. The van der Waals surface area contributed by atoms with Crippen molar-refractivity contribution in [2.45, 2.75) is 84.8 Å². The van der Waals surface area contributed by atoms with E-state index in [1.807, 2.05) is 60.7 Å². The fraction of sp³-hybridized carbons (Fsp3) is 0.292. The van der Waals surface area contributed by atoms with Crippen molar-refractivity contribution >= 4 is 106 Å². The van der Waals surface area contributed by atoms with E-state index >= 15 is 0 Å². The fourth-order valence-corrected chi connectivity index (χ4v) is 10.8. The zero-order valence-corrected chi connectivity index (χ0v) is 49.6. The molecule has 2 aliphatic heterocycles. The molecule has 2 N–H and O–H groups in total. The molecule has 0 spiro atoms. The standard InChI is InChI=1S/C23H26N2O2.C16H13NO2.C12H9N.C7H14ClN.C6H5NO2.CH3F.Na.H/c1-15(26)17-6-8-22-20(13-17)21-14-18(16(2)27)7-9-23(21)25(22)12-10-19-5-4-11-24(19)3;1-9(18)11-3-5-15-13(7-11)14-8-12(10(2)19)4-6-16(14)17-15;1-3-7-11-9(5-1)10-6-2-4-8-12(10)13-11;1-9-6-2-3-7(9)4-5-8;8-7(9)6-4-2-1-3-5-6;1-2;;/h6-9,13-14,19H,4-5,10-12H2,1-3H3;3-8,17H,1-2H3;1-8,13H;7H,2-6H2,1H3;1-5H;1H3;;/q;;;;;;+1;-1/i;;;;;1D;;. The monoisotopic (exact) mass is 1110 g/mol. The Morgan fingerprint density at radius 1 is 0.575 bits per heavy atom. The molecule has 0 saturated carbocycles. The van der Waals surface area contributed by atoms with Crippen LogP contribution in [0.3, 0.4) is 0 Å². The Balaban J connectivity index is 0.000000196. The van der Waals surface area contributed by atoms with Crippen molar-refractivity contribution in [2.75, 3.05) is 40.2 Å². The maximum absolute atomic E-state index is 11.9. The zero-order chi connectivity index (χ0) is 57.5. The number of H-pyrrole nitrogens is 2. The molecule has 0 radical (unpaired) electrons. The number of ketones is 4. The van der Waals surface area contributed by atoms with Crippen LogP contribution in [0.4, 0.5) is 10.1 Å². The summed E-state index contributed by atoms with van der Waals surface area (Å²) in [6.45, 7) is 9.68. The number of halogens is 2. The number of non-ortho nitro benzene ring substituents is 1. The second-order valence-electron chi connectivity index (χ2n) is 20.1. The minimum Gasteiger partial charge on any atom is -1.00 e. The first kappa shape index (κ1) is 60.8. The first-order chi connectivity index (χ1) is 38.5. The van der Waals surface area contributed by atoms with Gasteiger partial charge in [-0.15, -0.1) is 11.6 Å². The third-order valence-corrected chi connectivity index (χ3v) is 15.2. The van der Waals surface area contributed by atoms with Crippen LogP contribution in [0.25, 0.3) is 65.4 Å². The van der Waals surface area contributed by atoms with Crippen LogP contribution in [0.2, 0.25) is 0 Å². The number of fused-ring (bicyclic) bond motifs is 9. The number of aromatic amines is 2. The van der Waals surface area contributed by atoms with Crippen molar-refractivity contribution in [2.24, 2.45) is 0 Å². The summed E-state index contributed by atoms with van der Waals surface area (Å²) in [5, 5.41) is 16.7. The summed E-state index contributed by atoms with van der Waals surface area (Å²) in [5.41, 5.74) is 9.57. The number of aryl methyl sites for hydroxylation is 1. The van der Waals surface area contributed by atoms with Crippen molar-refractivity contribution < 1.29 is 60.8 Å². The number of rotatable bonds is 10. The summed E-state index contributed by atoms with van der Waals surface area (Å²) >= 11 is 5.62. The number of nitro groups is 1. The van der Waals surface area contributed by atoms with Crippen molar-refractivity contribution in [1.82, 2.24) is 24.3 Å². The molecule has 15 heteroatoms. The SMILES string of the molecule is CC(=O)c1ccc2[nH]c3ccc(C(C)=O)cc3c2c1.CC(=O)c1ccc2c(c1)c1cc(C(C)=O)ccc1n2CCC1CCCN1C.CN1CCCC1CCCl.O=[N+]([O-])c1ccccc1.[2H]CF.[H-].[Na+].c1ccc2c(c1)[nH]c1ccccc12. The molecule has 12 rings (SSSR count). The molecular weight excluding hydrogens is 1040 g/mol. The summed E-state index contributed by atoms with van der Waals surface area (Å²) in [6, 6.07) is 49.2. The average Bonchev–Trinajstić information content (AvgIpc) is 4.46. The van der Waals surface area contributed by atoms with E-state index in [2.05, 4.69) is 99.1 Å². The van der Waals surface area contributed by atoms with Gasteiger partial charge in [-0.25, -0.2) is 0 Å². The van der Waals surface area contributed by atoms with Crippen LogP contribution in [0.1, 0.15) is 110 Å². The van der Waals surface area contributed by atoms with E-state index in [0.29, 0.717) is 28.3 Å². The molecule has 2 aliphatic rings. The normalized spacial score (nSPS) is 15.0. The van der Waals surface area contributed by atoms with Gasteiger partial charge in [-0.1, -0.05) is 54.6 Å². The van der Waals surface area contributed by atoms with Gasteiger partial charge in [0.25, 0.3) is 5.69 Å². The minimum atomic E-state index is -1.00. The molecule has 0 aliphatic carbocycles. The Bertz CT molecular complexity index is 3600. The van der Waals surface area contributed by atoms with Crippen molar-refractivity contribution in [3.8, 4) is 0 Å². The molecule has 412 valence electrons. The maximum atomic E-state index is 11.9. The van der Waals surface area contributed by atoms with E-state index in [9.17, 15) is 33.7 Å². The number of nitrogens with one attached hydrogen (secondary N) is 2. The largest absolute Gasteiger partial charge is 1.00 e. The Labute approximate surface area is 497 Å². The number of benzene rings is 7. The summed E-state index contributed by atoms with van der Waals surface area (Å²) in [5.74, 6) is 1.02. The number of nitro benzene ring substituents is 1. The Morgan fingerprint density at radius 3 is 1.30 bits per heavy atom. The van der Waals surface area contributed by atoms with Crippen molar-refractivity contribution in [3.63, 3.8) is 0 Å². The van der Waals surface area contributed by atoms with E-state index < -0.39 is 12.1 Å². The Hall–Kier alpha value is -6.84. The van der Waals surface area contributed by atoms with Crippen LogP contribution in [-0.2, 0) is 6.54 Å². The van der Waals surface area contributed by atoms with Crippen LogP contribution < -0.4 is 29.6 Å². The molecule has 7 aromatic carbocycles. The van der Waals surface area contributed by atoms with Gasteiger partial charge in [0.15, 0.2) is 23.1 Å². The summed E-state index contributed by atoms with van der Waals surface area (Å²) in [6.07, 6.45) is 7.52. The van der Waals surface area contributed by atoms with Gasteiger partial charge in [-0.3, -0.25) is 33.7 Å². The van der Waals surface area contributed by atoms with E-state index in [1.54, 1.807) is 45.9 Å². The van der Waals surface area contributed by atoms with Gasteiger partial charge in [0.05, 0.1) is 13.4 Å². The molecule has 2 unspecified atom stereocenters. The first-order valence-corrected chi connectivity index (χ1v) is 27.2. The van der Waals surface area contributed by atoms with Gasteiger partial charge in [-0.05, 0) is 178 Å². The third-order valence-electron chi connectivity index (χ3n) is 14.9. The molecule has 0 bridgehead atoms. The summed E-state index contributed by atoms with van der Waals surface area (Å²) in [7, 11) is 3.39. The molecule has 80 heavy (non-hydrogen) atoms. The number of likely N-dealkylation sites (tertiary alicyclic amines) is 2. The molecule has 2 saturated heterocycles. The second-order valence-corrected chi connectivity index (χ2v) is 20.5. The number of hydrogen-bond acceptors (Lipinski definition) is 8. The predicted octanol–water partition coefficient (Wildman–Crippen LogP) is 12.7. The molecule has 3 aromatic heterocycles. The molecular formula is C65H71ClFN6NaO6. The van der Waals surface area contributed by atoms with Gasteiger partial charge >= 0.3 is 29.6 Å². The zero-order valence-electron chi connectivity index (χ0n) is 48.9. The van der Waals surface area contributed by atoms with Gasteiger partial charge < -0.3 is 25.8 Å². The summed E-state index contributed by atoms with van der Waals surface area (Å²) in [4.78, 5) is 67.8. The van der Waals surface area contributed by atoms with Crippen LogP contribution >= 0.6 is 11.6 Å². The van der Waals surface area contributed by atoms with Crippen LogP contribution in [-0.4, -0.2) is 105 Å². The van der Waals surface area contributed by atoms with Gasteiger partial charge in [0.2, 0.25) is 0 Å². The van der Waals surface area contributed by atoms with E-state index in [-0.39, 0.29) is 59.8 Å². The van der Waals surface area contributed by atoms with Crippen LogP contribution in [0.15, 0.2) is 152 Å².